The van der Waals surface area contributed by atoms with E-state index in [1.165, 1.54) is 11.4 Å². The summed E-state index contributed by atoms with van der Waals surface area (Å²) >= 11 is 1.15. The molecule has 0 bridgehead atoms. The number of rotatable bonds is 7. The van der Waals surface area contributed by atoms with Crippen molar-refractivity contribution in [2.45, 2.75) is 10.8 Å². The minimum atomic E-state index is -3.79. The fraction of sp³-hybridized carbons (Fsp3) is 0.105. The number of nitrogens with zero attached hydrogens (tertiary/aromatic N) is 1. The van der Waals surface area contributed by atoms with Gasteiger partial charge in [0.05, 0.1) is 19.3 Å². The van der Waals surface area contributed by atoms with Gasteiger partial charge < -0.3 is 10.5 Å². The van der Waals surface area contributed by atoms with Crippen LogP contribution in [0.5, 0.6) is 5.75 Å². The van der Waals surface area contributed by atoms with Gasteiger partial charge in [0, 0.05) is 5.56 Å². The summed E-state index contributed by atoms with van der Waals surface area (Å²) in [7, 11) is -2.29. The predicted molar refractivity (Wildman–Crippen MR) is 106 cm³/mol. The molecule has 0 aliphatic rings. The maximum Gasteiger partial charge on any atom is 0.274 e. The molecule has 0 saturated heterocycles. The zero-order chi connectivity index (χ0) is 19.4. The number of sulfonamides is 1. The Morgan fingerprint density at radius 3 is 2.37 bits per heavy atom. The van der Waals surface area contributed by atoms with Crippen LogP contribution in [0.4, 0.5) is 5.69 Å². The lowest BCUT2D eigenvalue weighted by Gasteiger charge is -2.25. The van der Waals surface area contributed by atoms with Gasteiger partial charge in [-0.2, -0.15) is 0 Å². The third-order valence-corrected chi connectivity index (χ3v) is 7.09. The smallest absolute Gasteiger partial charge is 0.274 e. The third kappa shape index (κ3) is 3.96. The summed E-state index contributed by atoms with van der Waals surface area (Å²) in [6.45, 7) is 0.0830. The van der Waals surface area contributed by atoms with Crippen molar-refractivity contribution in [1.29, 1.82) is 0 Å². The van der Waals surface area contributed by atoms with E-state index in [2.05, 4.69) is 0 Å². The van der Waals surface area contributed by atoms with Crippen LogP contribution in [0, 0.1) is 0 Å². The Morgan fingerprint density at radius 2 is 1.78 bits per heavy atom. The van der Waals surface area contributed by atoms with Crippen LogP contribution in [-0.2, 0) is 16.6 Å². The Balaban J connectivity index is 2.06. The van der Waals surface area contributed by atoms with Crippen molar-refractivity contribution in [3.05, 3.63) is 77.2 Å². The van der Waals surface area contributed by atoms with Crippen LogP contribution in [0.15, 0.2) is 70.3 Å². The van der Waals surface area contributed by atoms with E-state index in [1.807, 2.05) is 0 Å². The molecule has 3 aromatic rings. The molecule has 1 aromatic heterocycles. The first-order valence-electron chi connectivity index (χ1n) is 8.01. The molecule has 1 amide bonds. The van der Waals surface area contributed by atoms with E-state index in [9.17, 15) is 13.2 Å². The molecule has 2 aromatic carbocycles. The zero-order valence-corrected chi connectivity index (χ0v) is 16.2. The largest absolute Gasteiger partial charge is 0.495 e. The number of benzene rings is 2. The Hall–Kier alpha value is -2.84. The van der Waals surface area contributed by atoms with E-state index in [4.69, 9.17) is 10.5 Å². The predicted octanol–water partition coefficient (Wildman–Crippen LogP) is 3.25. The highest BCUT2D eigenvalue weighted by atomic mass is 32.2. The first-order chi connectivity index (χ1) is 12.9. The quantitative estimate of drug-likeness (QED) is 0.657. The van der Waals surface area contributed by atoms with Crippen LogP contribution in [0.25, 0.3) is 0 Å². The molecule has 27 heavy (non-hydrogen) atoms. The number of nitrogens with two attached hydrogens (primary N) is 1. The summed E-state index contributed by atoms with van der Waals surface area (Å²) in [5, 5.41) is 1.72. The highest BCUT2D eigenvalue weighted by molar-refractivity contribution is 7.94. The Bertz CT molecular complexity index is 1030. The number of amides is 1. The SMILES string of the molecule is COc1ccccc1N(Cc1ccc(C(N)=O)cc1)S(=O)(=O)c1cccs1. The van der Waals surface area contributed by atoms with Gasteiger partial charge in [-0.1, -0.05) is 30.3 Å². The summed E-state index contributed by atoms with van der Waals surface area (Å²) in [6.07, 6.45) is 0. The highest BCUT2D eigenvalue weighted by Crippen LogP contribution is 2.34. The lowest BCUT2D eigenvalue weighted by atomic mass is 10.1. The van der Waals surface area contributed by atoms with Gasteiger partial charge in [-0.05, 0) is 41.3 Å². The van der Waals surface area contributed by atoms with Crippen molar-refractivity contribution in [2.75, 3.05) is 11.4 Å². The second kappa shape index (κ2) is 7.81. The van der Waals surface area contributed by atoms with Gasteiger partial charge in [0.25, 0.3) is 10.0 Å². The summed E-state index contributed by atoms with van der Waals surface area (Å²) in [5.74, 6) is -0.0827. The lowest BCUT2D eigenvalue weighted by molar-refractivity contribution is 0.100. The molecular formula is C19H18N2O4S2. The average Bonchev–Trinajstić information content (AvgIpc) is 3.22. The molecular weight excluding hydrogens is 384 g/mol. The van der Waals surface area contributed by atoms with Crippen molar-refractivity contribution in [1.82, 2.24) is 0 Å². The number of ether oxygens (including phenoxy) is 1. The van der Waals surface area contributed by atoms with Crippen LogP contribution in [0.2, 0.25) is 0 Å². The molecule has 0 atom stereocenters. The van der Waals surface area contributed by atoms with Crippen LogP contribution >= 0.6 is 11.3 Å². The van der Waals surface area contributed by atoms with Crippen LogP contribution < -0.4 is 14.8 Å². The second-order valence-corrected chi connectivity index (χ2v) is 8.71. The van der Waals surface area contributed by atoms with Gasteiger partial charge in [-0.25, -0.2) is 8.42 Å². The van der Waals surface area contributed by atoms with Crippen LogP contribution in [-0.4, -0.2) is 21.4 Å². The van der Waals surface area contributed by atoms with Gasteiger partial charge in [-0.3, -0.25) is 9.10 Å². The number of carbonyl (C=O) groups excluding carboxylic acids is 1. The molecule has 140 valence electrons. The van der Waals surface area contributed by atoms with E-state index in [1.54, 1.807) is 66.0 Å². The molecule has 6 nitrogen and oxygen atoms in total. The van der Waals surface area contributed by atoms with Crippen LogP contribution in [0.1, 0.15) is 15.9 Å². The van der Waals surface area contributed by atoms with Gasteiger partial charge in [0.15, 0.2) is 0 Å². The molecule has 2 N–H and O–H groups in total. The van der Waals surface area contributed by atoms with E-state index >= 15 is 0 Å². The number of carbonyl (C=O) groups is 1. The Kier molecular flexibility index (Phi) is 5.48. The monoisotopic (exact) mass is 402 g/mol. The van der Waals surface area contributed by atoms with Gasteiger partial charge >= 0.3 is 0 Å². The average molecular weight is 402 g/mol. The summed E-state index contributed by atoms with van der Waals surface area (Å²) in [5.41, 5.74) is 6.78. The number of methoxy groups -OCH3 is 1. The normalized spacial score (nSPS) is 11.1. The number of para-hydroxylation sites is 2. The molecule has 3 rings (SSSR count). The van der Waals surface area contributed by atoms with Gasteiger partial charge in [0.1, 0.15) is 9.96 Å². The molecule has 1 heterocycles. The molecule has 8 heteroatoms. The molecule has 0 spiro atoms. The van der Waals surface area contributed by atoms with Crippen molar-refractivity contribution in [3.63, 3.8) is 0 Å². The zero-order valence-electron chi connectivity index (χ0n) is 14.5. The molecule has 0 saturated carbocycles. The standard InChI is InChI=1S/C19H18N2O4S2/c1-25-17-6-3-2-5-16(17)21(27(23,24)18-7-4-12-26-18)13-14-8-10-15(11-9-14)19(20)22/h2-12H,13H2,1H3,(H2,20,22). The van der Waals surface area contributed by atoms with Gasteiger partial charge in [0.2, 0.25) is 5.91 Å². The molecule has 0 fully saturated rings. The Labute approximate surface area is 161 Å². The van der Waals surface area contributed by atoms with Crippen molar-refractivity contribution in [2.24, 2.45) is 5.73 Å². The van der Waals surface area contributed by atoms with E-state index in [0.717, 1.165) is 11.3 Å². The highest BCUT2D eigenvalue weighted by Gasteiger charge is 2.28. The maximum absolute atomic E-state index is 13.2. The lowest BCUT2D eigenvalue weighted by Crippen LogP contribution is -2.30. The van der Waals surface area contributed by atoms with E-state index in [0.29, 0.717) is 22.6 Å². The van der Waals surface area contributed by atoms with Crippen molar-refractivity contribution in [3.8, 4) is 5.75 Å². The first kappa shape index (κ1) is 18.9. The van der Waals surface area contributed by atoms with Crippen LogP contribution in [0.3, 0.4) is 0 Å². The minimum absolute atomic E-state index is 0.0830. The fourth-order valence-corrected chi connectivity index (χ4v) is 5.16. The summed E-state index contributed by atoms with van der Waals surface area (Å²) < 4.78 is 33.4. The second-order valence-electron chi connectivity index (χ2n) is 5.68. The van der Waals surface area contributed by atoms with Crippen molar-refractivity contribution >= 4 is 33.0 Å². The number of anilines is 1. The number of primary amides is 1. The van der Waals surface area contributed by atoms with E-state index < -0.39 is 15.9 Å². The van der Waals surface area contributed by atoms with Gasteiger partial charge in [-0.15, -0.1) is 11.3 Å². The number of thiophene rings is 1. The first-order valence-corrected chi connectivity index (χ1v) is 10.3. The summed E-state index contributed by atoms with van der Waals surface area (Å²) in [4.78, 5) is 11.3. The molecule has 0 unspecified atom stereocenters. The van der Waals surface area contributed by atoms with E-state index in [-0.39, 0.29) is 10.8 Å². The van der Waals surface area contributed by atoms with Crippen molar-refractivity contribution < 1.29 is 17.9 Å². The topological polar surface area (TPSA) is 89.7 Å². The molecule has 0 aliphatic carbocycles. The Morgan fingerprint density at radius 1 is 1.07 bits per heavy atom. The number of hydrogen-bond acceptors (Lipinski definition) is 5. The number of hydrogen-bond donors (Lipinski definition) is 1. The molecule has 0 radical (unpaired) electrons. The minimum Gasteiger partial charge on any atom is -0.495 e. The molecule has 0 aliphatic heterocycles. The third-order valence-electron chi connectivity index (χ3n) is 3.96. The fourth-order valence-electron chi connectivity index (χ4n) is 2.59. The maximum atomic E-state index is 13.2. The summed E-state index contributed by atoms with van der Waals surface area (Å²) in [6, 6.07) is 16.7.